The van der Waals surface area contributed by atoms with Gasteiger partial charge in [0.15, 0.2) is 0 Å². The van der Waals surface area contributed by atoms with Crippen LogP contribution in [0.25, 0.3) is 10.9 Å². The molecule has 0 spiro atoms. The number of hydrogen-bond acceptors (Lipinski definition) is 6. The number of halogens is 1. The van der Waals surface area contributed by atoms with Gasteiger partial charge in [0.2, 0.25) is 0 Å². The Morgan fingerprint density at radius 2 is 2.24 bits per heavy atom. The maximum Gasteiger partial charge on any atom is 0.293 e. The Labute approximate surface area is 154 Å². The lowest BCUT2D eigenvalue weighted by Crippen LogP contribution is -2.28. The van der Waals surface area contributed by atoms with E-state index in [-0.39, 0.29) is 4.21 Å². The lowest BCUT2D eigenvalue weighted by molar-refractivity contribution is 0.280. The molecule has 2 aromatic heterocycles. The second kappa shape index (κ2) is 6.60. The quantitative estimate of drug-likeness (QED) is 0.716. The molecule has 1 aromatic carbocycles. The second-order valence-electron chi connectivity index (χ2n) is 5.84. The van der Waals surface area contributed by atoms with Crippen LogP contribution in [0.5, 0.6) is 5.75 Å². The van der Waals surface area contributed by atoms with Gasteiger partial charge in [-0.1, -0.05) is 17.7 Å². The van der Waals surface area contributed by atoms with Crippen molar-refractivity contribution in [1.29, 1.82) is 0 Å². The van der Waals surface area contributed by atoms with E-state index in [0.717, 1.165) is 34.8 Å². The highest BCUT2D eigenvalue weighted by molar-refractivity contribution is 7.92. The lowest BCUT2D eigenvalue weighted by Gasteiger charge is -2.12. The minimum Gasteiger partial charge on any atom is -0.491 e. The number of thiophene rings is 1. The van der Waals surface area contributed by atoms with Gasteiger partial charge in [-0.25, -0.2) is 0 Å². The zero-order valence-corrected chi connectivity index (χ0v) is 15.6. The number of aromatic nitrogens is 2. The minimum atomic E-state index is -3.78. The Bertz CT molecular complexity index is 1010. The fourth-order valence-electron chi connectivity index (χ4n) is 2.93. The van der Waals surface area contributed by atoms with Crippen molar-refractivity contribution in [3.05, 3.63) is 40.9 Å². The third-order valence-electron chi connectivity index (χ3n) is 4.17. The summed E-state index contributed by atoms with van der Waals surface area (Å²) >= 11 is 6.88. The molecule has 0 unspecified atom stereocenters. The van der Waals surface area contributed by atoms with Crippen molar-refractivity contribution >= 4 is 43.9 Å². The van der Waals surface area contributed by atoms with Crippen LogP contribution in [0.4, 0.5) is 0 Å². The Hall–Kier alpha value is -1.61. The number of benzene rings is 1. The van der Waals surface area contributed by atoms with Gasteiger partial charge in [0, 0.05) is 6.04 Å². The fraction of sp³-hybridized carbons (Fsp3) is 0.312. The average Bonchev–Trinajstić information content (AvgIpc) is 3.33. The molecule has 1 aliphatic heterocycles. The van der Waals surface area contributed by atoms with Crippen LogP contribution in [0, 0.1) is 0 Å². The van der Waals surface area contributed by atoms with Gasteiger partial charge in [-0.05, 0) is 43.7 Å². The molecule has 1 atom stereocenters. The van der Waals surface area contributed by atoms with Crippen molar-refractivity contribution in [2.45, 2.75) is 23.1 Å². The van der Waals surface area contributed by atoms with Crippen LogP contribution in [-0.2, 0) is 10.0 Å². The maximum atomic E-state index is 12.8. The summed E-state index contributed by atoms with van der Waals surface area (Å²) in [4.78, 5) is 0. The molecule has 1 aliphatic rings. The van der Waals surface area contributed by atoms with Crippen molar-refractivity contribution in [3.8, 4) is 5.75 Å². The van der Waals surface area contributed by atoms with Crippen LogP contribution in [-0.4, -0.2) is 36.8 Å². The molecule has 25 heavy (non-hydrogen) atoms. The van der Waals surface area contributed by atoms with Crippen molar-refractivity contribution in [2.75, 3.05) is 13.2 Å². The monoisotopic (exact) mass is 397 g/mol. The van der Waals surface area contributed by atoms with Crippen LogP contribution < -0.4 is 10.1 Å². The summed E-state index contributed by atoms with van der Waals surface area (Å²) in [6.07, 6.45) is 3.76. The molecule has 6 nitrogen and oxygen atoms in total. The first-order valence-electron chi connectivity index (χ1n) is 7.89. The standard InChI is InChI=1S/C16H16ClN3O3S2/c17-15-6-7-16(24-15)25(21,22)20-13-4-1-5-14(12(13)9-19-20)23-10-11-3-2-8-18-11/h1,4-7,9,11,18H,2-3,8,10H2/t11-/m0/s1. The van der Waals surface area contributed by atoms with Gasteiger partial charge < -0.3 is 10.1 Å². The first-order chi connectivity index (χ1) is 12.1. The predicted molar refractivity (Wildman–Crippen MR) is 98.2 cm³/mol. The van der Waals surface area contributed by atoms with Gasteiger partial charge in [0.25, 0.3) is 10.0 Å². The Balaban J connectivity index is 1.68. The normalized spacial score (nSPS) is 18.0. The van der Waals surface area contributed by atoms with Gasteiger partial charge in [0.1, 0.15) is 16.6 Å². The number of fused-ring (bicyclic) bond motifs is 1. The van der Waals surface area contributed by atoms with Crippen molar-refractivity contribution in [1.82, 2.24) is 14.5 Å². The number of rotatable bonds is 5. The number of ether oxygens (including phenoxy) is 1. The van der Waals surface area contributed by atoms with E-state index in [1.807, 2.05) is 6.07 Å². The number of hydrogen-bond donors (Lipinski definition) is 1. The lowest BCUT2D eigenvalue weighted by atomic mass is 10.2. The second-order valence-corrected chi connectivity index (χ2v) is 9.55. The predicted octanol–water partition coefficient (Wildman–Crippen LogP) is 3.12. The molecule has 0 saturated carbocycles. The topological polar surface area (TPSA) is 73.2 Å². The van der Waals surface area contributed by atoms with Gasteiger partial charge in [-0.3, -0.25) is 0 Å². The maximum absolute atomic E-state index is 12.8. The molecule has 1 N–H and O–H groups in total. The van der Waals surface area contributed by atoms with Crippen molar-refractivity contribution in [3.63, 3.8) is 0 Å². The Morgan fingerprint density at radius 1 is 1.36 bits per heavy atom. The first-order valence-corrected chi connectivity index (χ1v) is 10.5. The number of nitrogens with zero attached hydrogens (tertiary/aromatic N) is 2. The van der Waals surface area contributed by atoms with Crippen LogP contribution in [0.3, 0.4) is 0 Å². The minimum absolute atomic E-state index is 0.156. The van der Waals surface area contributed by atoms with E-state index in [0.29, 0.717) is 33.6 Å². The molecule has 3 aromatic rings. The van der Waals surface area contributed by atoms with Gasteiger partial charge in [-0.15, -0.1) is 11.3 Å². The largest absolute Gasteiger partial charge is 0.491 e. The highest BCUT2D eigenvalue weighted by Crippen LogP contribution is 2.31. The summed E-state index contributed by atoms with van der Waals surface area (Å²) < 4.78 is 33.1. The molecule has 0 radical (unpaired) electrons. The smallest absolute Gasteiger partial charge is 0.293 e. The van der Waals surface area contributed by atoms with E-state index >= 15 is 0 Å². The van der Waals surface area contributed by atoms with E-state index < -0.39 is 10.0 Å². The molecule has 0 amide bonds. The summed E-state index contributed by atoms with van der Waals surface area (Å²) in [6, 6.07) is 8.71. The highest BCUT2D eigenvalue weighted by atomic mass is 35.5. The van der Waals surface area contributed by atoms with Crippen molar-refractivity contribution < 1.29 is 13.2 Å². The summed E-state index contributed by atoms with van der Waals surface area (Å²) in [5.74, 6) is 0.636. The fourth-order valence-corrected chi connectivity index (χ4v) is 5.75. The average molecular weight is 398 g/mol. The first kappa shape index (κ1) is 16.8. The van der Waals surface area contributed by atoms with Crippen molar-refractivity contribution in [2.24, 2.45) is 0 Å². The van der Waals surface area contributed by atoms with Crippen LogP contribution in [0.15, 0.2) is 40.7 Å². The van der Waals surface area contributed by atoms with E-state index in [1.165, 1.54) is 12.3 Å². The molecular weight excluding hydrogens is 382 g/mol. The zero-order valence-electron chi connectivity index (χ0n) is 13.2. The third kappa shape index (κ3) is 3.15. The molecule has 1 saturated heterocycles. The van der Waals surface area contributed by atoms with E-state index in [9.17, 15) is 8.42 Å². The summed E-state index contributed by atoms with van der Waals surface area (Å²) in [5.41, 5.74) is 0.487. The summed E-state index contributed by atoms with van der Waals surface area (Å²) in [6.45, 7) is 1.56. The van der Waals surface area contributed by atoms with Crippen LogP contribution in [0.2, 0.25) is 4.34 Å². The van der Waals surface area contributed by atoms with Gasteiger partial charge in [0.05, 0.1) is 21.4 Å². The zero-order chi connectivity index (χ0) is 17.4. The molecule has 0 bridgehead atoms. The van der Waals surface area contributed by atoms with Crippen LogP contribution in [0.1, 0.15) is 12.8 Å². The summed E-state index contributed by atoms with van der Waals surface area (Å²) in [5, 5.41) is 8.14. The molecule has 9 heteroatoms. The molecule has 0 aliphatic carbocycles. The molecular formula is C16H16ClN3O3S2. The molecule has 132 valence electrons. The van der Waals surface area contributed by atoms with Crippen LogP contribution >= 0.6 is 22.9 Å². The Kier molecular flexibility index (Phi) is 4.45. The molecule has 3 heterocycles. The highest BCUT2D eigenvalue weighted by Gasteiger charge is 2.23. The number of nitrogens with one attached hydrogen (secondary N) is 1. The SMILES string of the molecule is O=S(=O)(c1ccc(Cl)s1)n1ncc2c(OC[C@@H]3CCCN3)cccc21. The Morgan fingerprint density at radius 3 is 2.96 bits per heavy atom. The van der Waals surface area contributed by atoms with E-state index in [1.54, 1.807) is 18.2 Å². The summed E-state index contributed by atoms with van der Waals surface area (Å²) in [7, 11) is -3.78. The van der Waals surface area contributed by atoms with E-state index in [2.05, 4.69) is 10.4 Å². The van der Waals surface area contributed by atoms with Gasteiger partial charge in [-0.2, -0.15) is 17.6 Å². The van der Waals surface area contributed by atoms with Gasteiger partial charge >= 0.3 is 0 Å². The third-order valence-corrected chi connectivity index (χ3v) is 7.47. The molecule has 4 rings (SSSR count). The van der Waals surface area contributed by atoms with E-state index in [4.69, 9.17) is 16.3 Å². The molecule has 1 fully saturated rings.